The van der Waals surface area contributed by atoms with Crippen LogP contribution in [-0.4, -0.2) is 82.3 Å². The summed E-state index contributed by atoms with van der Waals surface area (Å²) < 4.78 is 22.8. The molecule has 450 valence electrons. The van der Waals surface area contributed by atoms with Gasteiger partial charge in [-0.2, -0.15) is 0 Å². The van der Waals surface area contributed by atoms with Gasteiger partial charge in [-0.05, 0) is 38.5 Å². The van der Waals surface area contributed by atoms with Crippen LogP contribution < -0.4 is 5.11 Å². The largest absolute Gasteiger partial charge is 0.545 e. The van der Waals surface area contributed by atoms with Gasteiger partial charge in [0.2, 0.25) is 0 Å². The fraction of sp³-hybridized carbons (Fsp3) is 0.925. The lowest BCUT2D eigenvalue weighted by molar-refractivity contribution is -0.870. The van der Waals surface area contributed by atoms with Crippen molar-refractivity contribution in [3.8, 4) is 0 Å². The average Bonchev–Trinajstić information content (AvgIpc) is 3.39. The van der Waals surface area contributed by atoms with Crippen LogP contribution in [0, 0.1) is 0 Å². The summed E-state index contributed by atoms with van der Waals surface area (Å²) in [7, 11) is 5.94. The van der Waals surface area contributed by atoms with Crippen LogP contribution in [0.15, 0.2) is 12.2 Å². The zero-order chi connectivity index (χ0) is 55.5. The number of hydrogen-bond acceptors (Lipinski definition) is 8. The van der Waals surface area contributed by atoms with Gasteiger partial charge in [0, 0.05) is 12.8 Å². The number of rotatable bonds is 63. The van der Waals surface area contributed by atoms with Crippen molar-refractivity contribution >= 4 is 17.9 Å². The molecule has 0 heterocycles. The van der Waals surface area contributed by atoms with Crippen LogP contribution in [0.2, 0.25) is 0 Å². The molecule has 0 spiro atoms. The summed E-state index contributed by atoms with van der Waals surface area (Å²) in [5.74, 6) is -2.26. The fourth-order valence-corrected chi connectivity index (χ4v) is 10.1. The van der Waals surface area contributed by atoms with Gasteiger partial charge in [-0.1, -0.05) is 302 Å². The highest BCUT2D eigenvalue weighted by molar-refractivity contribution is 5.70. The van der Waals surface area contributed by atoms with Gasteiger partial charge >= 0.3 is 11.9 Å². The second-order valence-electron chi connectivity index (χ2n) is 24.1. The van der Waals surface area contributed by atoms with E-state index in [0.29, 0.717) is 23.9 Å². The maximum absolute atomic E-state index is 12.9. The Hall–Kier alpha value is -1.97. The summed E-state index contributed by atoms with van der Waals surface area (Å²) in [5, 5.41) is 11.8. The number of esters is 2. The summed E-state index contributed by atoms with van der Waals surface area (Å²) >= 11 is 0. The van der Waals surface area contributed by atoms with Crippen LogP contribution >= 0.6 is 0 Å². The van der Waals surface area contributed by atoms with Crippen LogP contribution in [-0.2, 0) is 33.3 Å². The van der Waals surface area contributed by atoms with E-state index in [1.807, 2.05) is 21.1 Å². The average molecular weight is 1080 g/mol. The lowest BCUT2D eigenvalue weighted by Crippen LogP contribution is -2.44. The number of hydrogen-bond donors (Lipinski definition) is 0. The van der Waals surface area contributed by atoms with Gasteiger partial charge in [0.05, 0.1) is 40.3 Å². The molecule has 0 amide bonds. The highest BCUT2D eigenvalue weighted by Crippen LogP contribution is 2.19. The molecule has 0 aromatic rings. The molecular formula is C67H129NO8. The zero-order valence-electron chi connectivity index (χ0n) is 51.4. The highest BCUT2D eigenvalue weighted by Gasteiger charge is 2.22. The molecule has 0 aromatic heterocycles. The first-order valence-corrected chi connectivity index (χ1v) is 33.3. The minimum absolute atomic E-state index is 0.151. The Balaban J connectivity index is 4.07. The van der Waals surface area contributed by atoms with Gasteiger partial charge in [-0.25, -0.2) is 0 Å². The van der Waals surface area contributed by atoms with Crippen molar-refractivity contribution in [3.63, 3.8) is 0 Å². The molecule has 0 saturated heterocycles. The molecule has 76 heavy (non-hydrogen) atoms. The molecule has 0 aliphatic carbocycles. The fourth-order valence-electron chi connectivity index (χ4n) is 10.1. The highest BCUT2D eigenvalue weighted by atomic mass is 16.7. The van der Waals surface area contributed by atoms with Crippen molar-refractivity contribution in [3.05, 3.63) is 12.2 Å². The summed E-state index contributed by atoms with van der Waals surface area (Å²) in [6, 6.07) is 0. The van der Waals surface area contributed by atoms with Gasteiger partial charge in [0.1, 0.15) is 13.2 Å². The molecule has 0 aliphatic heterocycles. The predicted octanol–water partition coefficient (Wildman–Crippen LogP) is 18.7. The van der Waals surface area contributed by atoms with E-state index in [2.05, 4.69) is 26.0 Å². The van der Waals surface area contributed by atoms with Crippen LogP contribution in [0.25, 0.3) is 0 Å². The lowest BCUT2D eigenvalue weighted by atomic mass is 10.0. The molecule has 0 radical (unpaired) electrons. The molecule has 0 rings (SSSR count). The van der Waals surface area contributed by atoms with E-state index in [1.54, 1.807) is 0 Å². The third-order valence-electron chi connectivity index (χ3n) is 15.3. The summed E-state index contributed by atoms with van der Waals surface area (Å²) in [4.78, 5) is 37.4. The van der Waals surface area contributed by atoms with Crippen LogP contribution in [0.5, 0.6) is 0 Å². The van der Waals surface area contributed by atoms with E-state index in [4.69, 9.17) is 18.9 Å². The van der Waals surface area contributed by atoms with Crippen molar-refractivity contribution in [1.82, 2.24) is 0 Å². The third-order valence-corrected chi connectivity index (χ3v) is 15.3. The number of carboxylic acids is 1. The summed E-state index contributed by atoms with van der Waals surface area (Å²) in [6.45, 7) is 4.82. The lowest BCUT2D eigenvalue weighted by Gasteiger charge is -2.26. The molecule has 2 unspecified atom stereocenters. The van der Waals surface area contributed by atoms with Gasteiger partial charge in [0.25, 0.3) is 0 Å². The van der Waals surface area contributed by atoms with Gasteiger partial charge in [-0.15, -0.1) is 0 Å². The Labute approximate surface area is 472 Å². The van der Waals surface area contributed by atoms with E-state index in [0.717, 1.165) is 32.1 Å². The summed E-state index contributed by atoms with van der Waals surface area (Å²) in [5.41, 5.74) is 0. The van der Waals surface area contributed by atoms with Crippen LogP contribution in [0.4, 0.5) is 0 Å². The first-order valence-electron chi connectivity index (χ1n) is 33.3. The molecule has 0 bridgehead atoms. The normalized spacial score (nSPS) is 12.7. The van der Waals surface area contributed by atoms with E-state index in [1.165, 1.54) is 276 Å². The van der Waals surface area contributed by atoms with E-state index in [9.17, 15) is 19.5 Å². The second kappa shape index (κ2) is 59.2. The number of nitrogens with zero attached hydrogens (tertiary/aromatic N) is 1. The number of allylic oxidation sites excluding steroid dienone is 2. The Morgan fingerprint density at radius 1 is 0.382 bits per heavy atom. The van der Waals surface area contributed by atoms with Gasteiger partial charge < -0.3 is 33.3 Å². The molecule has 0 saturated carbocycles. The smallest absolute Gasteiger partial charge is 0.306 e. The topological polar surface area (TPSA) is 111 Å². The van der Waals surface area contributed by atoms with Gasteiger partial charge in [0.15, 0.2) is 12.4 Å². The molecule has 0 aliphatic rings. The van der Waals surface area contributed by atoms with Crippen LogP contribution in [0.1, 0.15) is 341 Å². The number of carbonyl (C=O) groups excluding carboxylic acids is 3. The molecule has 2 atom stereocenters. The Morgan fingerprint density at radius 2 is 0.671 bits per heavy atom. The molecule has 0 N–H and O–H groups in total. The number of carbonyl (C=O) groups is 3. The maximum Gasteiger partial charge on any atom is 0.306 e. The quantitative estimate of drug-likeness (QED) is 0.0195. The number of quaternary nitrogens is 1. The number of carboxylic acid groups (broad SMARTS) is 1. The van der Waals surface area contributed by atoms with E-state index >= 15 is 0 Å². The molecule has 9 nitrogen and oxygen atoms in total. The maximum atomic E-state index is 12.9. The number of ether oxygens (including phenoxy) is 4. The molecule has 0 fully saturated rings. The SMILES string of the molecule is CCCCCCCCCC/C=C\CCCCCCCCCCCC(=O)OC(COC(=O)CCCCCCCCCCCCCCCCCCCCCCCCCCCCCCCC)COC(OCC[N+](C)(C)C)C(=O)[O-]. The summed E-state index contributed by atoms with van der Waals surface area (Å²) in [6.07, 6.45) is 67.2. The van der Waals surface area contributed by atoms with Crippen molar-refractivity contribution in [2.75, 3.05) is 47.5 Å². The van der Waals surface area contributed by atoms with Crippen molar-refractivity contribution in [2.24, 2.45) is 0 Å². The molecule has 9 heteroatoms. The van der Waals surface area contributed by atoms with Crippen LogP contribution in [0.3, 0.4) is 0 Å². The first kappa shape index (κ1) is 74.0. The van der Waals surface area contributed by atoms with E-state index in [-0.39, 0.29) is 32.2 Å². The Bertz CT molecular complexity index is 1250. The number of aliphatic carboxylic acids is 1. The van der Waals surface area contributed by atoms with Crippen molar-refractivity contribution < 1.29 is 42.9 Å². The zero-order valence-corrected chi connectivity index (χ0v) is 51.4. The predicted molar refractivity (Wildman–Crippen MR) is 320 cm³/mol. The Morgan fingerprint density at radius 3 is 0.974 bits per heavy atom. The first-order chi connectivity index (χ1) is 37.1. The standard InChI is InChI=1S/C67H129NO8/c1-6-8-10-12-14-16-18-20-22-24-26-28-29-30-31-32-33-34-35-36-38-39-41-43-45-47-49-51-53-55-57-64(69)74-61-63(62-75-67(66(71)72)73-60-59-68(3,4)5)76-65(70)58-56-54-52-50-48-46-44-42-40-37-27-25-23-21-19-17-15-13-11-9-7-2/h25,27,63,67H,6-24,26,28-62H2,1-5H3/b27-25-. The van der Waals surface area contributed by atoms with Crippen molar-refractivity contribution in [1.29, 1.82) is 0 Å². The van der Waals surface area contributed by atoms with Gasteiger partial charge in [-0.3, -0.25) is 9.59 Å². The minimum atomic E-state index is -1.62. The minimum Gasteiger partial charge on any atom is -0.545 e. The number of likely N-dealkylation sites (N-methyl/N-ethyl adjacent to an activating group) is 1. The second-order valence-corrected chi connectivity index (χ2v) is 24.1. The molecular weight excluding hydrogens is 947 g/mol. The Kier molecular flexibility index (Phi) is 57.6. The van der Waals surface area contributed by atoms with Crippen molar-refractivity contribution in [2.45, 2.75) is 354 Å². The number of unbranched alkanes of at least 4 members (excludes halogenated alkanes) is 46. The van der Waals surface area contributed by atoms with E-state index < -0.39 is 24.3 Å². The monoisotopic (exact) mass is 1080 g/mol. The third kappa shape index (κ3) is 59.7. The molecule has 0 aromatic carbocycles.